The Balaban J connectivity index is 1.46. The molecular formula is C30H27Cl2N3O5. The fraction of sp³-hybridized carbons (Fsp3) is 0.200. The first-order valence-electron chi connectivity index (χ1n) is 12.6. The Hall–Kier alpha value is -4.14. The molecule has 1 heterocycles. The maximum Gasteiger partial charge on any atom is 0.338 e. The van der Waals surface area contributed by atoms with E-state index in [1.165, 1.54) is 6.07 Å². The number of carbonyl (C=O) groups excluding carboxylic acids is 4. The third-order valence-electron chi connectivity index (χ3n) is 6.16. The van der Waals surface area contributed by atoms with Crippen LogP contribution in [0.2, 0.25) is 5.02 Å². The van der Waals surface area contributed by atoms with Crippen LogP contribution in [0.15, 0.2) is 77.5 Å². The van der Waals surface area contributed by atoms with E-state index in [1.54, 1.807) is 67.6 Å². The van der Waals surface area contributed by atoms with Crippen molar-refractivity contribution in [1.82, 2.24) is 0 Å². The van der Waals surface area contributed by atoms with E-state index < -0.39 is 23.7 Å². The molecule has 0 unspecified atom stereocenters. The molecule has 2 N–H and O–H groups in total. The van der Waals surface area contributed by atoms with Crippen LogP contribution in [0, 0.1) is 12.8 Å². The monoisotopic (exact) mass is 579 g/mol. The molecule has 3 aromatic rings. The summed E-state index contributed by atoms with van der Waals surface area (Å²) in [5.41, 5.74) is 2.49. The second-order valence-corrected chi connectivity index (χ2v) is 10.4. The minimum Gasteiger partial charge on any atom is -0.462 e. The lowest BCUT2D eigenvalue weighted by atomic mass is 10.1. The summed E-state index contributed by atoms with van der Waals surface area (Å²) in [5.74, 6) is -1.73. The van der Waals surface area contributed by atoms with E-state index >= 15 is 0 Å². The number of rotatable bonds is 9. The Kier molecular flexibility index (Phi) is 8.92. The number of carbonyl (C=O) groups is 4. The summed E-state index contributed by atoms with van der Waals surface area (Å²) in [4.78, 5) is 52.0. The van der Waals surface area contributed by atoms with Gasteiger partial charge < -0.3 is 15.4 Å². The van der Waals surface area contributed by atoms with Crippen molar-refractivity contribution in [2.75, 3.05) is 22.1 Å². The topological polar surface area (TPSA) is 105 Å². The van der Waals surface area contributed by atoms with E-state index in [-0.39, 0.29) is 16.4 Å². The summed E-state index contributed by atoms with van der Waals surface area (Å²) in [7, 11) is 0. The molecule has 1 aliphatic rings. The SMILES string of the molecule is Cc1ccc(C(=O)Nc2ccc(C(=O)OCCC(C)C)cc2)cc1NC1=C(Cl)C(=O)N(c2cccc(Cl)c2)C1=O. The highest BCUT2D eigenvalue weighted by atomic mass is 35.5. The Morgan fingerprint density at radius 3 is 2.30 bits per heavy atom. The Bertz CT molecular complexity index is 1520. The van der Waals surface area contributed by atoms with Crippen LogP contribution in [0.1, 0.15) is 46.5 Å². The van der Waals surface area contributed by atoms with Gasteiger partial charge in [0.25, 0.3) is 17.7 Å². The molecule has 0 atom stereocenters. The molecule has 0 saturated heterocycles. The van der Waals surface area contributed by atoms with Crippen molar-refractivity contribution in [1.29, 1.82) is 0 Å². The summed E-state index contributed by atoms with van der Waals surface area (Å²) in [5, 5.41) is 5.80. The molecule has 0 fully saturated rings. The average Bonchev–Trinajstić information content (AvgIpc) is 3.12. The molecule has 0 spiro atoms. The van der Waals surface area contributed by atoms with Gasteiger partial charge in [0.1, 0.15) is 10.7 Å². The minimum absolute atomic E-state index is 0.108. The van der Waals surface area contributed by atoms with Gasteiger partial charge in [0, 0.05) is 22.0 Å². The molecule has 0 bridgehead atoms. The predicted octanol–water partition coefficient (Wildman–Crippen LogP) is 6.54. The molecule has 4 rings (SSSR count). The number of amides is 3. The lowest BCUT2D eigenvalue weighted by Gasteiger charge is -2.16. The Morgan fingerprint density at radius 2 is 1.62 bits per heavy atom. The molecule has 0 aliphatic carbocycles. The predicted molar refractivity (Wildman–Crippen MR) is 156 cm³/mol. The van der Waals surface area contributed by atoms with Crippen LogP contribution in [-0.4, -0.2) is 30.3 Å². The number of hydrogen-bond acceptors (Lipinski definition) is 6. The van der Waals surface area contributed by atoms with Crippen LogP contribution in [0.3, 0.4) is 0 Å². The third kappa shape index (κ3) is 6.52. The fourth-order valence-corrected chi connectivity index (χ4v) is 4.25. The van der Waals surface area contributed by atoms with Gasteiger partial charge in [-0.15, -0.1) is 0 Å². The Morgan fingerprint density at radius 1 is 0.925 bits per heavy atom. The molecule has 206 valence electrons. The number of nitrogens with zero attached hydrogens (tertiary/aromatic N) is 1. The van der Waals surface area contributed by atoms with Crippen LogP contribution in [0.5, 0.6) is 0 Å². The van der Waals surface area contributed by atoms with Gasteiger partial charge in [0.15, 0.2) is 0 Å². The van der Waals surface area contributed by atoms with Crippen LogP contribution in [0.25, 0.3) is 0 Å². The molecule has 3 aromatic carbocycles. The third-order valence-corrected chi connectivity index (χ3v) is 6.75. The summed E-state index contributed by atoms with van der Waals surface area (Å²) in [6.45, 7) is 6.24. The number of halogens is 2. The van der Waals surface area contributed by atoms with Crippen molar-refractivity contribution in [3.63, 3.8) is 0 Å². The van der Waals surface area contributed by atoms with Gasteiger partial charge in [-0.2, -0.15) is 0 Å². The smallest absolute Gasteiger partial charge is 0.338 e. The van der Waals surface area contributed by atoms with Crippen LogP contribution in [0.4, 0.5) is 17.1 Å². The van der Waals surface area contributed by atoms with Crippen LogP contribution < -0.4 is 15.5 Å². The van der Waals surface area contributed by atoms with Crippen molar-refractivity contribution in [3.05, 3.63) is 99.2 Å². The van der Waals surface area contributed by atoms with Gasteiger partial charge in [-0.3, -0.25) is 14.4 Å². The number of ether oxygens (including phenoxy) is 1. The summed E-state index contributed by atoms with van der Waals surface area (Å²) < 4.78 is 5.27. The van der Waals surface area contributed by atoms with E-state index in [2.05, 4.69) is 24.5 Å². The molecule has 0 radical (unpaired) electrons. The summed E-state index contributed by atoms with van der Waals surface area (Å²) in [6, 6.07) is 17.6. The number of aryl methyl sites for hydroxylation is 1. The maximum absolute atomic E-state index is 13.1. The maximum atomic E-state index is 13.1. The first-order chi connectivity index (χ1) is 19.0. The van der Waals surface area contributed by atoms with Gasteiger partial charge in [0.2, 0.25) is 0 Å². The number of esters is 1. The van der Waals surface area contributed by atoms with Crippen molar-refractivity contribution in [2.24, 2.45) is 5.92 Å². The van der Waals surface area contributed by atoms with Gasteiger partial charge in [-0.05, 0) is 79.4 Å². The minimum atomic E-state index is -0.685. The van der Waals surface area contributed by atoms with Gasteiger partial charge in [-0.1, -0.05) is 49.2 Å². The molecule has 1 aliphatic heterocycles. The van der Waals surface area contributed by atoms with Crippen molar-refractivity contribution >= 4 is 64.0 Å². The molecule has 0 saturated carbocycles. The number of anilines is 3. The van der Waals surface area contributed by atoms with Crippen molar-refractivity contribution in [3.8, 4) is 0 Å². The zero-order valence-electron chi connectivity index (χ0n) is 22.1. The molecule has 10 heteroatoms. The second-order valence-electron chi connectivity index (χ2n) is 9.62. The molecule has 0 aromatic heterocycles. The fourth-order valence-electron chi connectivity index (χ4n) is 3.86. The van der Waals surface area contributed by atoms with E-state index in [1.807, 2.05) is 0 Å². The summed E-state index contributed by atoms with van der Waals surface area (Å²) in [6.07, 6.45) is 0.779. The Labute approximate surface area is 241 Å². The number of hydrogen-bond donors (Lipinski definition) is 2. The van der Waals surface area contributed by atoms with E-state index in [9.17, 15) is 19.2 Å². The number of benzene rings is 3. The highest BCUT2D eigenvalue weighted by molar-refractivity contribution is 6.53. The first kappa shape index (κ1) is 28.9. The zero-order valence-corrected chi connectivity index (χ0v) is 23.6. The quantitative estimate of drug-likeness (QED) is 0.220. The van der Waals surface area contributed by atoms with Crippen LogP contribution >= 0.6 is 23.2 Å². The molecular weight excluding hydrogens is 553 g/mol. The van der Waals surface area contributed by atoms with Crippen molar-refractivity contribution < 1.29 is 23.9 Å². The van der Waals surface area contributed by atoms with E-state index in [4.69, 9.17) is 27.9 Å². The lowest BCUT2D eigenvalue weighted by molar-refractivity contribution is -0.120. The largest absolute Gasteiger partial charge is 0.462 e. The number of imide groups is 1. The van der Waals surface area contributed by atoms with Crippen LogP contribution in [-0.2, 0) is 14.3 Å². The van der Waals surface area contributed by atoms with E-state index in [0.29, 0.717) is 40.0 Å². The normalized spacial score (nSPS) is 13.2. The molecule has 3 amide bonds. The zero-order chi connectivity index (χ0) is 29.0. The van der Waals surface area contributed by atoms with Gasteiger partial charge >= 0.3 is 5.97 Å². The number of nitrogens with one attached hydrogen (secondary N) is 2. The standard InChI is InChI=1S/C30H27Cl2N3O5/c1-17(2)13-14-40-30(39)19-9-11-22(12-10-19)33-27(36)20-8-7-18(3)24(15-20)34-26-25(32)28(37)35(29(26)38)23-6-4-5-21(31)16-23/h4-12,15-17,34H,13-14H2,1-3H3,(H,33,36). The highest BCUT2D eigenvalue weighted by Crippen LogP contribution is 2.32. The first-order valence-corrected chi connectivity index (χ1v) is 13.3. The average molecular weight is 580 g/mol. The van der Waals surface area contributed by atoms with Gasteiger partial charge in [-0.25, -0.2) is 9.69 Å². The van der Waals surface area contributed by atoms with E-state index in [0.717, 1.165) is 16.9 Å². The van der Waals surface area contributed by atoms with Crippen molar-refractivity contribution in [2.45, 2.75) is 27.2 Å². The lowest BCUT2D eigenvalue weighted by Crippen LogP contribution is -2.32. The second kappa shape index (κ2) is 12.4. The molecule has 8 nitrogen and oxygen atoms in total. The molecule has 40 heavy (non-hydrogen) atoms. The highest BCUT2D eigenvalue weighted by Gasteiger charge is 2.39. The van der Waals surface area contributed by atoms with Gasteiger partial charge in [0.05, 0.1) is 17.9 Å². The summed E-state index contributed by atoms with van der Waals surface area (Å²) >= 11 is 12.3.